The summed E-state index contributed by atoms with van der Waals surface area (Å²) in [5, 5.41) is 0. The summed E-state index contributed by atoms with van der Waals surface area (Å²) in [5.74, 6) is 1.40. The fraction of sp³-hybridized carbons (Fsp3) is 0.267. The molecule has 5 heteroatoms. The Morgan fingerprint density at radius 1 is 1.15 bits per heavy atom. The molecule has 0 aliphatic carbocycles. The zero-order valence-corrected chi connectivity index (χ0v) is 12.9. The van der Waals surface area contributed by atoms with Crippen LogP contribution in [0.1, 0.15) is 18.1 Å². The fourth-order valence-electron chi connectivity index (χ4n) is 1.78. The summed E-state index contributed by atoms with van der Waals surface area (Å²) in [6.45, 7) is 3.44. The quantitative estimate of drug-likeness (QED) is 0.879. The van der Waals surface area contributed by atoms with E-state index < -0.39 is 0 Å². The summed E-state index contributed by atoms with van der Waals surface area (Å²) in [5.41, 5.74) is 7.72. The molecular formula is C15H17BrN2O2. The van der Waals surface area contributed by atoms with Gasteiger partial charge < -0.3 is 15.2 Å². The zero-order valence-electron chi connectivity index (χ0n) is 11.3. The van der Waals surface area contributed by atoms with Crippen molar-refractivity contribution in [2.45, 2.75) is 20.1 Å². The minimum atomic E-state index is 0.461. The molecular weight excluding hydrogens is 320 g/mol. The van der Waals surface area contributed by atoms with Gasteiger partial charge in [0.2, 0.25) is 0 Å². The van der Waals surface area contributed by atoms with Gasteiger partial charge in [0.25, 0.3) is 0 Å². The Morgan fingerprint density at radius 2 is 1.90 bits per heavy atom. The average Bonchev–Trinajstić information content (AvgIpc) is 2.47. The molecule has 0 spiro atoms. The first-order chi connectivity index (χ1) is 9.74. The van der Waals surface area contributed by atoms with Crippen LogP contribution in [0.15, 0.2) is 41.1 Å². The van der Waals surface area contributed by atoms with Gasteiger partial charge in [-0.3, -0.25) is 4.98 Å². The lowest BCUT2D eigenvalue weighted by Crippen LogP contribution is -2.03. The monoisotopic (exact) mass is 336 g/mol. The molecule has 0 atom stereocenters. The SMILES string of the molecule is CCOc1cc(CN)cc(Br)c1OCc1ccncc1. The summed E-state index contributed by atoms with van der Waals surface area (Å²) >= 11 is 3.51. The molecule has 2 rings (SSSR count). The molecule has 0 fully saturated rings. The fourth-order valence-corrected chi connectivity index (χ4v) is 2.38. The van der Waals surface area contributed by atoms with Crippen LogP contribution in [0.2, 0.25) is 0 Å². The van der Waals surface area contributed by atoms with Crippen molar-refractivity contribution in [3.05, 3.63) is 52.3 Å². The van der Waals surface area contributed by atoms with Crippen LogP contribution in [-0.4, -0.2) is 11.6 Å². The average molecular weight is 337 g/mol. The van der Waals surface area contributed by atoms with Gasteiger partial charge in [-0.1, -0.05) is 0 Å². The van der Waals surface area contributed by atoms with Gasteiger partial charge in [0.05, 0.1) is 11.1 Å². The van der Waals surface area contributed by atoms with Crippen molar-refractivity contribution in [3.63, 3.8) is 0 Å². The summed E-state index contributed by atoms with van der Waals surface area (Å²) in [4.78, 5) is 3.98. The van der Waals surface area contributed by atoms with Crippen LogP contribution in [0.3, 0.4) is 0 Å². The number of aromatic nitrogens is 1. The molecule has 0 unspecified atom stereocenters. The van der Waals surface area contributed by atoms with Crippen molar-refractivity contribution in [2.75, 3.05) is 6.61 Å². The van der Waals surface area contributed by atoms with Crippen LogP contribution >= 0.6 is 15.9 Å². The zero-order chi connectivity index (χ0) is 14.4. The van der Waals surface area contributed by atoms with E-state index in [0.29, 0.717) is 31.3 Å². The van der Waals surface area contributed by atoms with Crippen molar-refractivity contribution >= 4 is 15.9 Å². The molecule has 0 radical (unpaired) electrons. The Morgan fingerprint density at radius 3 is 2.55 bits per heavy atom. The van der Waals surface area contributed by atoms with Crippen LogP contribution in [0.4, 0.5) is 0 Å². The predicted molar refractivity (Wildman–Crippen MR) is 81.8 cm³/mol. The smallest absolute Gasteiger partial charge is 0.175 e. The third-order valence-electron chi connectivity index (χ3n) is 2.74. The molecule has 1 heterocycles. The molecule has 2 N–H and O–H groups in total. The number of ether oxygens (including phenoxy) is 2. The molecule has 20 heavy (non-hydrogen) atoms. The molecule has 2 aromatic rings. The molecule has 1 aromatic heterocycles. The van der Waals surface area contributed by atoms with Crippen molar-refractivity contribution in [1.29, 1.82) is 0 Å². The maximum Gasteiger partial charge on any atom is 0.175 e. The topological polar surface area (TPSA) is 57.4 Å². The van der Waals surface area contributed by atoms with Crippen LogP contribution in [0.5, 0.6) is 11.5 Å². The summed E-state index contributed by atoms with van der Waals surface area (Å²) in [6.07, 6.45) is 3.49. The van der Waals surface area contributed by atoms with Gasteiger partial charge in [-0.15, -0.1) is 0 Å². The van der Waals surface area contributed by atoms with Gasteiger partial charge in [0, 0.05) is 18.9 Å². The first kappa shape index (κ1) is 14.8. The largest absolute Gasteiger partial charge is 0.490 e. The maximum atomic E-state index is 5.87. The minimum absolute atomic E-state index is 0.461. The summed E-state index contributed by atoms with van der Waals surface area (Å²) in [7, 11) is 0. The van der Waals surface area contributed by atoms with Gasteiger partial charge in [-0.05, 0) is 58.2 Å². The highest BCUT2D eigenvalue weighted by Crippen LogP contribution is 2.37. The van der Waals surface area contributed by atoms with Crippen molar-refractivity contribution in [1.82, 2.24) is 4.98 Å². The van der Waals surface area contributed by atoms with Gasteiger partial charge in [0.1, 0.15) is 6.61 Å². The number of hydrogen-bond acceptors (Lipinski definition) is 4. The highest BCUT2D eigenvalue weighted by Gasteiger charge is 2.12. The standard InChI is InChI=1S/C15H17BrN2O2/c1-2-19-14-8-12(9-17)7-13(16)15(14)20-10-11-3-5-18-6-4-11/h3-8H,2,9-10,17H2,1H3. The first-order valence-corrected chi connectivity index (χ1v) is 7.21. The van der Waals surface area contributed by atoms with Crippen LogP contribution in [-0.2, 0) is 13.2 Å². The number of nitrogens with zero attached hydrogens (tertiary/aromatic N) is 1. The van der Waals surface area contributed by atoms with E-state index in [1.807, 2.05) is 31.2 Å². The van der Waals surface area contributed by atoms with Gasteiger partial charge in [0.15, 0.2) is 11.5 Å². The second-order valence-electron chi connectivity index (χ2n) is 4.19. The Bertz CT molecular complexity index is 561. The molecule has 1 aromatic carbocycles. The van der Waals surface area contributed by atoms with E-state index in [1.165, 1.54) is 0 Å². The van der Waals surface area contributed by atoms with Crippen LogP contribution < -0.4 is 15.2 Å². The maximum absolute atomic E-state index is 5.87. The predicted octanol–water partition coefficient (Wildman–Crippen LogP) is 3.28. The normalized spacial score (nSPS) is 10.3. The number of halogens is 1. The van der Waals surface area contributed by atoms with E-state index in [0.717, 1.165) is 15.6 Å². The van der Waals surface area contributed by atoms with Gasteiger partial charge in [-0.2, -0.15) is 0 Å². The number of pyridine rings is 1. The van der Waals surface area contributed by atoms with Crippen LogP contribution in [0, 0.1) is 0 Å². The van der Waals surface area contributed by atoms with Crippen molar-refractivity contribution in [2.24, 2.45) is 5.73 Å². The van der Waals surface area contributed by atoms with E-state index in [2.05, 4.69) is 20.9 Å². The first-order valence-electron chi connectivity index (χ1n) is 6.41. The number of benzene rings is 1. The Labute approximate surface area is 127 Å². The lowest BCUT2D eigenvalue weighted by molar-refractivity contribution is 0.267. The molecule has 0 aliphatic heterocycles. The highest BCUT2D eigenvalue weighted by atomic mass is 79.9. The Kier molecular flexibility index (Phi) is 5.38. The van der Waals surface area contributed by atoms with E-state index in [9.17, 15) is 0 Å². The molecule has 0 bridgehead atoms. The lowest BCUT2D eigenvalue weighted by atomic mass is 10.2. The van der Waals surface area contributed by atoms with E-state index in [-0.39, 0.29) is 0 Å². The van der Waals surface area contributed by atoms with Gasteiger partial charge in [-0.25, -0.2) is 0 Å². The third kappa shape index (κ3) is 3.71. The second-order valence-corrected chi connectivity index (χ2v) is 5.04. The number of hydrogen-bond donors (Lipinski definition) is 1. The van der Waals surface area contributed by atoms with E-state index >= 15 is 0 Å². The second kappa shape index (κ2) is 7.26. The van der Waals surface area contributed by atoms with Crippen molar-refractivity contribution in [3.8, 4) is 11.5 Å². The van der Waals surface area contributed by atoms with Crippen LogP contribution in [0.25, 0.3) is 0 Å². The molecule has 0 saturated carbocycles. The Hall–Kier alpha value is -1.59. The van der Waals surface area contributed by atoms with E-state index in [4.69, 9.17) is 15.2 Å². The molecule has 4 nitrogen and oxygen atoms in total. The minimum Gasteiger partial charge on any atom is -0.490 e. The number of nitrogens with two attached hydrogens (primary N) is 1. The summed E-state index contributed by atoms with van der Waals surface area (Å²) in [6, 6.07) is 7.70. The third-order valence-corrected chi connectivity index (χ3v) is 3.33. The van der Waals surface area contributed by atoms with E-state index in [1.54, 1.807) is 12.4 Å². The molecule has 0 saturated heterocycles. The van der Waals surface area contributed by atoms with Gasteiger partial charge >= 0.3 is 0 Å². The molecule has 0 amide bonds. The molecule has 0 aliphatic rings. The summed E-state index contributed by atoms with van der Waals surface area (Å²) < 4.78 is 12.3. The van der Waals surface area contributed by atoms with Crippen molar-refractivity contribution < 1.29 is 9.47 Å². The molecule has 106 valence electrons. The lowest BCUT2D eigenvalue weighted by Gasteiger charge is -2.15. The number of rotatable bonds is 6. The highest BCUT2D eigenvalue weighted by molar-refractivity contribution is 9.10. The Balaban J connectivity index is 2.21.